The maximum Gasteiger partial charge on any atom is 0.0885 e. The molecule has 0 aromatic carbocycles. The molecule has 0 bridgehead atoms. The minimum atomic E-state index is 1.00. The van der Waals surface area contributed by atoms with Gasteiger partial charge in [-0.3, -0.25) is 4.90 Å². The first-order chi connectivity index (χ1) is 7.38. The van der Waals surface area contributed by atoms with Gasteiger partial charge in [0.25, 0.3) is 0 Å². The van der Waals surface area contributed by atoms with E-state index >= 15 is 0 Å². The van der Waals surface area contributed by atoms with Crippen LogP contribution in [0.1, 0.15) is 19.8 Å². The summed E-state index contributed by atoms with van der Waals surface area (Å²) in [7, 11) is 0. The predicted octanol–water partition coefficient (Wildman–Crippen LogP) is -0.403. The van der Waals surface area contributed by atoms with Crippen LogP contribution < -0.4 is 5.32 Å². The summed E-state index contributed by atoms with van der Waals surface area (Å²) in [4.78, 5) is 5.23. The van der Waals surface area contributed by atoms with Crippen LogP contribution in [0.3, 0.4) is 0 Å². The number of hydrogen-bond acceptors (Lipinski definition) is 2. The van der Waals surface area contributed by atoms with Gasteiger partial charge >= 0.3 is 0 Å². The second kappa shape index (κ2) is 5.83. The number of likely N-dealkylation sites (tertiary alicyclic amines) is 1. The second-order valence-electron chi connectivity index (χ2n) is 5.12. The van der Waals surface area contributed by atoms with E-state index in [1.807, 2.05) is 0 Å². The summed E-state index contributed by atoms with van der Waals surface area (Å²) in [6.45, 7) is 12.9. The summed E-state index contributed by atoms with van der Waals surface area (Å²) in [5, 5.41) is 2.43. The van der Waals surface area contributed by atoms with Gasteiger partial charge in [0.2, 0.25) is 0 Å². The SMILES string of the molecule is CCCN1CC(CCN2CC[NH2+]CC2)C1. The zero-order chi connectivity index (χ0) is 10.5. The van der Waals surface area contributed by atoms with Crippen LogP contribution in [0.25, 0.3) is 0 Å². The monoisotopic (exact) mass is 212 g/mol. The minimum absolute atomic E-state index is 1.00. The lowest BCUT2D eigenvalue weighted by molar-refractivity contribution is -0.663. The molecule has 3 heteroatoms. The van der Waals surface area contributed by atoms with E-state index < -0.39 is 0 Å². The molecule has 0 spiro atoms. The summed E-state index contributed by atoms with van der Waals surface area (Å²) in [5.74, 6) is 1.00. The molecule has 0 aliphatic carbocycles. The molecule has 0 amide bonds. The number of nitrogens with zero attached hydrogens (tertiary/aromatic N) is 2. The van der Waals surface area contributed by atoms with Crippen LogP contribution in [-0.2, 0) is 0 Å². The van der Waals surface area contributed by atoms with E-state index in [1.54, 1.807) is 0 Å². The average Bonchev–Trinajstić information content (AvgIpc) is 2.23. The quantitative estimate of drug-likeness (QED) is 0.670. The Morgan fingerprint density at radius 2 is 1.80 bits per heavy atom. The minimum Gasteiger partial charge on any atom is -0.344 e. The first-order valence-corrected chi connectivity index (χ1v) is 6.65. The van der Waals surface area contributed by atoms with Gasteiger partial charge in [-0.2, -0.15) is 0 Å². The molecule has 15 heavy (non-hydrogen) atoms. The molecule has 3 nitrogen and oxygen atoms in total. The van der Waals surface area contributed by atoms with Crippen molar-refractivity contribution in [2.75, 3.05) is 52.4 Å². The molecule has 0 aromatic rings. The third-order valence-electron chi connectivity index (χ3n) is 3.73. The van der Waals surface area contributed by atoms with Gasteiger partial charge in [0.05, 0.1) is 13.1 Å². The predicted molar refractivity (Wildman–Crippen MR) is 62.9 cm³/mol. The molecular formula is C12H26N3+. The summed E-state index contributed by atoms with van der Waals surface area (Å²) in [6.07, 6.45) is 2.74. The van der Waals surface area contributed by atoms with Gasteiger partial charge in [0.1, 0.15) is 0 Å². The highest BCUT2D eigenvalue weighted by molar-refractivity contribution is 4.80. The van der Waals surface area contributed by atoms with Crippen molar-refractivity contribution >= 4 is 0 Å². The van der Waals surface area contributed by atoms with Gasteiger partial charge in [0.15, 0.2) is 0 Å². The van der Waals surface area contributed by atoms with Crippen LogP contribution in [-0.4, -0.2) is 62.2 Å². The Kier molecular flexibility index (Phi) is 4.42. The van der Waals surface area contributed by atoms with Gasteiger partial charge in [-0.25, -0.2) is 0 Å². The van der Waals surface area contributed by atoms with Crippen molar-refractivity contribution in [2.24, 2.45) is 5.92 Å². The van der Waals surface area contributed by atoms with Crippen molar-refractivity contribution < 1.29 is 5.32 Å². The Labute approximate surface area is 93.8 Å². The van der Waals surface area contributed by atoms with Crippen LogP contribution in [0, 0.1) is 5.92 Å². The van der Waals surface area contributed by atoms with Crippen LogP contribution in [0.2, 0.25) is 0 Å². The molecule has 0 radical (unpaired) electrons. The van der Waals surface area contributed by atoms with Crippen LogP contribution in [0.4, 0.5) is 0 Å². The fourth-order valence-electron chi connectivity index (χ4n) is 2.75. The third-order valence-corrected chi connectivity index (χ3v) is 3.73. The molecule has 2 aliphatic heterocycles. The number of hydrogen-bond donors (Lipinski definition) is 1. The Hall–Kier alpha value is -0.120. The van der Waals surface area contributed by atoms with E-state index in [4.69, 9.17) is 0 Å². The molecule has 2 N–H and O–H groups in total. The second-order valence-corrected chi connectivity index (χ2v) is 5.12. The van der Waals surface area contributed by atoms with Gasteiger partial charge < -0.3 is 10.2 Å². The highest BCUT2D eigenvalue weighted by atomic mass is 15.2. The lowest BCUT2D eigenvalue weighted by Crippen LogP contribution is -2.89. The fraction of sp³-hybridized carbons (Fsp3) is 1.00. The van der Waals surface area contributed by atoms with Crippen molar-refractivity contribution in [3.63, 3.8) is 0 Å². The van der Waals surface area contributed by atoms with Crippen molar-refractivity contribution in [3.05, 3.63) is 0 Å². The topological polar surface area (TPSA) is 23.1 Å². The Bertz CT molecular complexity index is 172. The molecule has 2 fully saturated rings. The van der Waals surface area contributed by atoms with Gasteiger partial charge in [-0.15, -0.1) is 0 Å². The van der Waals surface area contributed by atoms with E-state index in [0.717, 1.165) is 5.92 Å². The Balaban J connectivity index is 1.52. The summed E-state index contributed by atoms with van der Waals surface area (Å²) in [5.41, 5.74) is 0. The molecule has 0 unspecified atom stereocenters. The normalized spacial score (nSPS) is 25.4. The number of nitrogens with two attached hydrogens (primary N) is 1. The number of piperazine rings is 1. The summed E-state index contributed by atoms with van der Waals surface area (Å²) >= 11 is 0. The fourth-order valence-corrected chi connectivity index (χ4v) is 2.75. The molecular weight excluding hydrogens is 186 g/mol. The van der Waals surface area contributed by atoms with Crippen LogP contribution in [0.5, 0.6) is 0 Å². The maximum atomic E-state index is 2.64. The molecule has 2 heterocycles. The zero-order valence-electron chi connectivity index (χ0n) is 10.1. The van der Waals surface area contributed by atoms with Crippen LogP contribution >= 0.6 is 0 Å². The molecule has 0 aromatic heterocycles. The van der Waals surface area contributed by atoms with Crippen LogP contribution in [0.15, 0.2) is 0 Å². The van der Waals surface area contributed by atoms with Crippen molar-refractivity contribution in [1.82, 2.24) is 9.80 Å². The lowest BCUT2D eigenvalue weighted by Gasteiger charge is -2.40. The summed E-state index contributed by atoms with van der Waals surface area (Å²) < 4.78 is 0. The van der Waals surface area contributed by atoms with E-state index in [2.05, 4.69) is 22.0 Å². The van der Waals surface area contributed by atoms with E-state index in [0.29, 0.717) is 0 Å². The van der Waals surface area contributed by atoms with E-state index in [9.17, 15) is 0 Å². The maximum absolute atomic E-state index is 2.64. The smallest absolute Gasteiger partial charge is 0.0885 e. The molecule has 2 aliphatic rings. The van der Waals surface area contributed by atoms with Crippen molar-refractivity contribution in [3.8, 4) is 0 Å². The first-order valence-electron chi connectivity index (χ1n) is 6.65. The molecule has 2 saturated heterocycles. The van der Waals surface area contributed by atoms with Gasteiger partial charge in [0, 0.05) is 26.2 Å². The van der Waals surface area contributed by atoms with E-state index in [1.165, 1.54) is 65.2 Å². The zero-order valence-corrected chi connectivity index (χ0v) is 10.1. The Morgan fingerprint density at radius 3 is 2.47 bits per heavy atom. The number of rotatable bonds is 5. The van der Waals surface area contributed by atoms with Crippen molar-refractivity contribution in [1.29, 1.82) is 0 Å². The van der Waals surface area contributed by atoms with Gasteiger partial charge in [-0.1, -0.05) is 6.92 Å². The standard InChI is InChI=1S/C12H25N3/c1-2-6-15-10-12(11-15)3-7-14-8-4-13-5-9-14/h12-13H,2-11H2,1H3/p+1. The van der Waals surface area contributed by atoms with Gasteiger partial charge in [-0.05, 0) is 31.8 Å². The first kappa shape index (κ1) is 11.4. The molecule has 0 saturated carbocycles. The highest BCUT2D eigenvalue weighted by Crippen LogP contribution is 2.19. The molecule has 0 atom stereocenters. The summed E-state index contributed by atoms with van der Waals surface area (Å²) in [6, 6.07) is 0. The lowest BCUT2D eigenvalue weighted by atomic mass is 9.96. The third kappa shape index (κ3) is 3.44. The number of quaternary nitrogens is 1. The van der Waals surface area contributed by atoms with E-state index in [-0.39, 0.29) is 0 Å². The average molecular weight is 212 g/mol. The highest BCUT2D eigenvalue weighted by Gasteiger charge is 2.26. The largest absolute Gasteiger partial charge is 0.344 e. The Morgan fingerprint density at radius 1 is 1.07 bits per heavy atom. The molecule has 2 rings (SSSR count). The van der Waals surface area contributed by atoms with Crippen molar-refractivity contribution in [2.45, 2.75) is 19.8 Å². The molecule has 88 valence electrons.